The first kappa shape index (κ1) is 53.4. The van der Waals surface area contributed by atoms with Crippen LogP contribution >= 0.6 is 7.82 Å². The highest BCUT2D eigenvalue weighted by molar-refractivity contribution is 7.46. The van der Waals surface area contributed by atoms with Crippen LogP contribution in [-0.2, 0) is 28.2 Å². The third-order valence-corrected chi connectivity index (χ3v) is 9.37. The predicted octanol–water partition coefficient (Wildman–Crippen LogP) is 11.0. The summed E-state index contributed by atoms with van der Waals surface area (Å²) >= 11 is 0. The number of phosphoric ester groups is 1. The predicted molar refractivity (Wildman–Crippen MR) is 228 cm³/mol. The van der Waals surface area contributed by atoms with Gasteiger partial charge in [-0.3, -0.25) is 14.1 Å². The van der Waals surface area contributed by atoms with Crippen molar-refractivity contribution < 1.29 is 48.2 Å². The number of hydrogen-bond donors (Lipinski definition) is 4. The van der Waals surface area contributed by atoms with Gasteiger partial charge in [-0.15, -0.1) is 0 Å². The zero-order valence-electron chi connectivity index (χ0n) is 34.7. The van der Waals surface area contributed by atoms with Crippen LogP contribution in [0.2, 0.25) is 0 Å². The lowest BCUT2D eigenvalue weighted by Gasteiger charge is -2.18. The van der Waals surface area contributed by atoms with E-state index in [0.29, 0.717) is 19.3 Å². The molecule has 0 unspecified atom stereocenters. The standard InChI is InChI=1S/C45H77O10P/c1-3-5-7-9-11-12-13-14-15-16-17-18-19-20-21-22-23-25-31-37-44(48)53-39-43(40-54-56(50,51)52)55-45(49)38-32-36-42(47)35-30-27-26-29-34-41(46)33-28-24-10-8-6-4-2/h11-12,14-15,24,26-30,34-35,41-43,46-47H,3-10,13,16-23,25,31-33,36-40H2,1-2H3,(H2,50,51,52)/b12-11-,15-14-,27-26+,28-24-,34-29+,35-30-/t41-,42-,43+/m0/s1. The monoisotopic (exact) mass is 809 g/mol. The van der Waals surface area contributed by atoms with Gasteiger partial charge in [-0.1, -0.05) is 157 Å². The molecule has 0 amide bonds. The summed E-state index contributed by atoms with van der Waals surface area (Å²) in [7, 11) is -4.83. The summed E-state index contributed by atoms with van der Waals surface area (Å²) in [4.78, 5) is 42.9. The number of carbonyl (C=O) groups is 2. The molecule has 0 radical (unpaired) electrons. The van der Waals surface area contributed by atoms with Gasteiger partial charge < -0.3 is 29.5 Å². The number of ether oxygens (including phenoxy) is 2. The van der Waals surface area contributed by atoms with E-state index in [1.54, 1.807) is 36.5 Å². The molecule has 0 bridgehead atoms. The fraction of sp³-hybridized carbons (Fsp3) is 0.689. The van der Waals surface area contributed by atoms with Gasteiger partial charge in [-0.2, -0.15) is 0 Å². The number of esters is 2. The lowest BCUT2D eigenvalue weighted by atomic mass is 10.1. The Bertz CT molecular complexity index is 1170. The van der Waals surface area contributed by atoms with E-state index in [9.17, 15) is 24.4 Å². The molecule has 56 heavy (non-hydrogen) atoms. The van der Waals surface area contributed by atoms with Crippen LogP contribution in [0.15, 0.2) is 72.9 Å². The molecule has 322 valence electrons. The largest absolute Gasteiger partial charge is 0.469 e. The second kappa shape index (κ2) is 39.2. The average molecular weight is 809 g/mol. The highest BCUT2D eigenvalue weighted by Gasteiger charge is 2.23. The minimum Gasteiger partial charge on any atom is -0.462 e. The van der Waals surface area contributed by atoms with E-state index >= 15 is 0 Å². The van der Waals surface area contributed by atoms with E-state index in [2.05, 4.69) is 48.8 Å². The van der Waals surface area contributed by atoms with Crippen molar-refractivity contribution in [3.05, 3.63) is 72.9 Å². The van der Waals surface area contributed by atoms with E-state index in [1.807, 2.05) is 6.08 Å². The summed E-state index contributed by atoms with van der Waals surface area (Å²) in [6, 6.07) is 0. The van der Waals surface area contributed by atoms with E-state index in [0.717, 1.165) is 38.5 Å². The molecule has 0 aliphatic rings. The van der Waals surface area contributed by atoms with Gasteiger partial charge in [0, 0.05) is 12.8 Å². The maximum atomic E-state index is 12.4. The number of aliphatic hydroxyl groups is 2. The number of rotatable bonds is 38. The Morgan fingerprint density at radius 2 is 1.07 bits per heavy atom. The van der Waals surface area contributed by atoms with Crippen molar-refractivity contribution in [3.8, 4) is 0 Å². The van der Waals surface area contributed by atoms with Crippen molar-refractivity contribution in [2.75, 3.05) is 13.2 Å². The maximum absolute atomic E-state index is 12.4. The summed E-state index contributed by atoms with van der Waals surface area (Å²) in [6.45, 7) is 3.39. The number of hydrogen-bond acceptors (Lipinski definition) is 8. The first-order chi connectivity index (χ1) is 27.1. The third-order valence-electron chi connectivity index (χ3n) is 8.89. The van der Waals surface area contributed by atoms with Gasteiger partial charge in [0.2, 0.25) is 0 Å². The molecule has 10 nitrogen and oxygen atoms in total. The Morgan fingerprint density at radius 1 is 0.571 bits per heavy atom. The van der Waals surface area contributed by atoms with Crippen molar-refractivity contribution in [1.82, 2.24) is 0 Å². The highest BCUT2D eigenvalue weighted by Crippen LogP contribution is 2.36. The van der Waals surface area contributed by atoms with Crippen molar-refractivity contribution in [3.63, 3.8) is 0 Å². The van der Waals surface area contributed by atoms with Crippen molar-refractivity contribution in [1.29, 1.82) is 0 Å². The Balaban J connectivity index is 4.17. The molecule has 0 heterocycles. The van der Waals surface area contributed by atoms with E-state index in [4.69, 9.17) is 19.3 Å². The Labute approximate surface area is 339 Å². The number of unbranched alkanes of at least 4 members (excludes halogenated alkanes) is 15. The topological polar surface area (TPSA) is 160 Å². The fourth-order valence-electron chi connectivity index (χ4n) is 5.60. The second-order valence-corrected chi connectivity index (χ2v) is 15.6. The van der Waals surface area contributed by atoms with Crippen LogP contribution in [0.3, 0.4) is 0 Å². The third kappa shape index (κ3) is 41.1. The molecule has 0 rings (SSSR count). The molecule has 0 spiro atoms. The SMILES string of the molecule is CCCCC/C=C\C/C=C\CCCCCCCCCCCC(=O)OC[C@H](COP(=O)(O)O)OC(=O)CCC[C@@H](O)\C=C/C=C/C=C/[C@@H](O)C/C=C\CCCCC. The van der Waals surface area contributed by atoms with E-state index in [-0.39, 0.29) is 25.9 Å². The van der Waals surface area contributed by atoms with Crippen LogP contribution in [0, 0.1) is 0 Å². The molecule has 0 aliphatic carbocycles. The normalized spacial score (nSPS) is 14.3. The fourth-order valence-corrected chi connectivity index (χ4v) is 5.96. The van der Waals surface area contributed by atoms with E-state index in [1.165, 1.54) is 77.0 Å². The van der Waals surface area contributed by atoms with Crippen molar-refractivity contribution >= 4 is 19.8 Å². The Hall–Kier alpha value is -2.59. The van der Waals surface area contributed by atoms with Crippen LogP contribution < -0.4 is 0 Å². The smallest absolute Gasteiger partial charge is 0.462 e. The first-order valence-corrected chi connectivity index (χ1v) is 23.0. The molecule has 3 atom stereocenters. The molecule has 11 heteroatoms. The summed E-state index contributed by atoms with van der Waals surface area (Å²) in [6.07, 6.45) is 43.9. The molecule has 0 saturated heterocycles. The van der Waals surface area contributed by atoms with Gasteiger partial charge in [0.05, 0.1) is 18.8 Å². The second-order valence-electron chi connectivity index (χ2n) is 14.4. The van der Waals surface area contributed by atoms with Crippen LogP contribution in [-0.4, -0.2) is 63.5 Å². The lowest BCUT2D eigenvalue weighted by Crippen LogP contribution is -2.29. The molecule has 0 aromatic carbocycles. The first-order valence-electron chi connectivity index (χ1n) is 21.4. The Morgan fingerprint density at radius 3 is 1.64 bits per heavy atom. The molecule has 0 fully saturated rings. The summed E-state index contributed by atoms with van der Waals surface area (Å²) in [5, 5.41) is 20.2. The average Bonchev–Trinajstić information content (AvgIpc) is 3.16. The van der Waals surface area contributed by atoms with Crippen molar-refractivity contribution in [2.45, 2.75) is 186 Å². The zero-order valence-corrected chi connectivity index (χ0v) is 35.6. The van der Waals surface area contributed by atoms with Crippen LogP contribution in [0.5, 0.6) is 0 Å². The molecule has 0 saturated carbocycles. The lowest BCUT2D eigenvalue weighted by molar-refractivity contribution is -0.161. The number of phosphoric acid groups is 1. The summed E-state index contributed by atoms with van der Waals surface area (Å²) in [5.74, 6) is -1.13. The Kier molecular flexibility index (Phi) is 37.4. The van der Waals surface area contributed by atoms with Gasteiger partial charge in [0.15, 0.2) is 6.10 Å². The van der Waals surface area contributed by atoms with Gasteiger partial charge in [-0.05, 0) is 70.6 Å². The minimum atomic E-state index is -4.83. The number of allylic oxidation sites excluding steroid dienone is 9. The molecule has 0 aromatic rings. The quantitative estimate of drug-likeness (QED) is 0.0155. The summed E-state index contributed by atoms with van der Waals surface area (Å²) in [5.41, 5.74) is 0. The maximum Gasteiger partial charge on any atom is 0.469 e. The molecule has 4 N–H and O–H groups in total. The van der Waals surface area contributed by atoms with Gasteiger partial charge in [-0.25, -0.2) is 4.57 Å². The van der Waals surface area contributed by atoms with Crippen LogP contribution in [0.1, 0.15) is 168 Å². The van der Waals surface area contributed by atoms with Crippen LogP contribution in [0.25, 0.3) is 0 Å². The van der Waals surface area contributed by atoms with Crippen molar-refractivity contribution in [2.24, 2.45) is 0 Å². The number of aliphatic hydroxyl groups excluding tert-OH is 2. The molecular formula is C45H77O10P. The molecule has 0 aromatic heterocycles. The molecular weight excluding hydrogens is 731 g/mol. The zero-order chi connectivity index (χ0) is 41.4. The molecule has 0 aliphatic heterocycles. The van der Waals surface area contributed by atoms with Crippen LogP contribution in [0.4, 0.5) is 0 Å². The number of carbonyl (C=O) groups excluding carboxylic acids is 2. The highest BCUT2D eigenvalue weighted by atomic mass is 31.2. The summed E-state index contributed by atoms with van der Waals surface area (Å²) < 4.78 is 26.2. The minimum absolute atomic E-state index is 0.0521. The van der Waals surface area contributed by atoms with Gasteiger partial charge in [0.1, 0.15) is 6.61 Å². The van der Waals surface area contributed by atoms with Gasteiger partial charge >= 0.3 is 19.8 Å². The van der Waals surface area contributed by atoms with E-state index < -0.39 is 44.7 Å². The van der Waals surface area contributed by atoms with Gasteiger partial charge in [0.25, 0.3) is 0 Å².